The Balaban J connectivity index is 1.33. The van der Waals surface area contributed by atoms with Crippen molar-refractivity contribution >= 4 is 44.5 Å². The number of hydrogen-bond acceptors (Lipinski definition) is 4. The molecule has 0 radical (unpaired) electrons. The quantitative estimate of drug-likeness (QED) is 0.648. The number of thioether (sulfide) groups is 1. The standard InChI is InChI=1S/C21H16ClFN4S/c22-17-9-13(5-8-18(17)23)11-24-20-26-27-19(12-25-21(27)28-20)16-7-6-14-3-1-2-4-15(14)10-16/h1-10,19H,11-12H2,(H,24,26). The molecule has 4 nitrogen and oxygen atoms in total. The Kier molecular flexibility index (Phi) is 4.45. The van der Waals surface area contributed by atoms with Crippen molar-refractivity contribution in [2.45, 2.75) is 12.6 Å². The molecule has 1 atom stereocenters. The molecule has 0 saturated carbocycles. The highest BCUT2D eigenvalue weighted by Crippen LogP contribution is 2.34. The van der Waals surface area contributed by atoms with Crippen LogP contribution in [0.2, 0.25) is 5.02 Å². The number of rotatable bonds is 3. The first-order chi connectivity index (χ1) is 13.7. The molecule has 5 rings (SSSR count). The SMILES string of the molecule is Fc1ccc(CN=C2NN3C(=NCC3c3ccc4ccccc4c3)S2)cc1Cl. The lowest BCUT2D eigenvalue weighted by Gasteiger charge is -2.22. The van der Waals surface area contributed by atoms with E-state index in [0.717, 1.165) is 15.9 Å². The Morgan fingerprint density at radius 3 is 2.86 bits per heavy atom. The third-order valence-electron chi connectivity index (χ3n) is 4.87. The van der Waals surface area contributed by atoms with Crippen LogP contribution in [0.5, 0.6) is 0 Å². The smallest absolute Gasteiger partial charge is 0.186 e. The molecular weight excluding hydrogens is 395 g/mol. The molecule has 1 saturated heterocycles. The van der Waals surface area contributed by atoms with Crippen LogP contribution in [0.3, 0.4) is 0 Å². The molecule has 0 bridgehead atoms. The van der Waals surface area contributed by atoms with Crippen molar-refractivity contribution in [2.24, 2.45) is 9.98 Å². The topological polar surface area (TPSA) is 40.0 Å². The first-order valence-corrected chi connectivity index (χ1v) is 10.1. The number of nitrogens with one attached hydrogen (secondary N) is 1. The van der Waals surface area contributed by atoms with Gasteiger partial charge in [-0.2, -0.15) is 0 Å². The fourth-order valence-electron chi connectivity index (χ4n) is 3.41. The van der Waals surface area contributed by atoms with Crippen LogP contribution in [0.1, 0.15) is 17.2 Å². The third-order valence-corrected chi connectivity index (χ3v) is 6.08. The molecule has 2 aliphatic heterocycles. The van der Waals surface area contributed by atoms with Crippen molar-refractivity contribution in [3.8, 4) is 0 Å². The highest BCUT2D eigenvalue weighted by atomic mass is 35.5. The molecule has 1 unspecified atom stereocenters. The maximum Gasteiger partial charge on any atom is 0.186 e. The van der Waals surface area contributed by atoms with Crippen molar-refractivity contribution in [1.29, 1.82) is 0 Å². The van der Waals surface area contributed by atoms with E-state index in [1.54, 1.807) is 12.1 Å². The Hall–Kier alpha value is -2.57. The summed E-state index contributed by atoms with van der Waals surface area (Å²) in [5.74, 6) is -0.417. The van der Waals surface area contributed by atoms with Crippen LogP contribution < -0.4 is 5.43 Å². The van der Waals surface area contributed by atoms with Crippen molar-refractivity contribution < 1.29 is 4.39 Å². The van der Waals surface area contributed by atoms with Gasteiger partial charge in [0, 0.05) is 0 Å². The molecule has 3 aromatic carbocycles. The Bertz CT molecular complexity index is 1130. The fourth-order valence-corrected chi connectivity index (χ4v) is 4.47. The third kappa shape index (κ3) is 3.23. The van der Waals surface area contributed by atoms with Gasteiger partial charge in [0.25, 0.3) is 0 Å². The number of nitrogens with zero attached hydrogens (tertiary/aromatic N) is 3. The summed E-state index contributed by atoms with van der Waals surface area (Å²) >= 11 is 7.36. The van der Waals surface area contributed by atoms with E-state index in [4.69, 9.17) is 11.6 Å². The number of fused-ring (bicyclic) bond motifs is 2. The molecule has 0 amide bonds. The summed E-state index contributed by atoms with van der Waals surface area (Å²) in [7, 11) is 0. The maximum atomic E-state index is 13.3. The van der Waals surface area contributed by atoms with Gasteiger partial charge in [0.1, 0.15) is 5.82 Å². The minimum Gasteiger partial charge on any atom is -0.274 e. The number of hydrogen-bond donors (Lipinski definition) is 1. The van der Waals surface area contributed by atoms with Crippen LogP contribution in [0.4, 0.5) is 4.39 Å². The summed E-state index contributed by atoms with van der Waals surface area (Å²) in [6.07, 6.45) is 0. The first-order valence-electron chi connectivity index (χ1n) is 8.93. The zero-order valence-electron chi connectivity index (χ0n) is 14.8. The zero-order valence-corrected chi connectivity index (χ0v) is 16.3. The summed E-state index contributed by atoms with van der Waals surface area (Å²) in [6, 6.07) is 19.7. The van der Waals surface area contributed by atoms with Gasteiger partial charge in [-0.25, -0.2) is 4.39 Å². The van der Waals surface area contributed by atoms with E-state index >= 15 is 0 Å². The van der Waals surface area contributed by atoms with E-state index in [1.807, 2.05) is 0 Å². The van der Waals surface area contributed by atoms with Crippen LogP contribution in [0.15, 0.2) is 70.6 Å². The predicted octanol–water partition coefficient (Wildman–Crippen LogP) is 5.15. The Morgan fingerprint density at radius 1 is 1.14 bits per heavy atom. The molecule has 3 aromatic rings. The molecule has 0 aromatic heterocycles. The van der Waals surface area contributed by atoms with Crippen molar-refractivity contribution in [3.63, 3.8) is 0 Å². The van der Waals surface area contributed by atoms with Crippen LogP contribution in [0.25, 0.3) is 10.8 Å². The summed E-state index contributed by atoms with van der Waals surface area (Å²) in [5.41, 5.74) is 5.44. The Morgan fingerprint density at radius 2 is 2.00 bits per heavy atom. The molecule has 7 heteroatoms. The van der Waals surface area contributed by atoms with E-state index in [1.165, 1.54) is 34.2 Å². The molecule has 1 fully saturated rings. The summed E-state index contributed by atoms with van der Waals surface area (Å²) in [6.45, 7) is 1.14. The molecule has 140 valence electrons. The van der Waals surface area contributed by atoms with Gasteiger partial charge in [-0.1, -0.05) is 54.1 Å². The van der Waals surface area contributed by atoms with E-state index in [-0.39, 0.29) is 11.1 Å². The highest BCUT2D eigenvalue weighted by Gasteiger charge is 2.36. The van der Waals surface area contributed by atoms with Crippen LogP contribution >= 0.6 is 23.4 Å². The molecule has 2 heterocycles. The first kappa shape index (κ1) is 17.5. The molecule has 28 heavy (non-hydrogen) atoms. The summed E-state index contributed by atoms with van der Waals surface area (Å²) < 4.78 is 13.3. The van der Waals surface area contributed by atoms with Gasteiger partial charge in [-0.15, -0.1) is 0 Å². The maximum absolute atomic E-state index is 13.3. The van der Waals surface area contributed by atoms with Crippen molar-refractivity contribution in [3.05, 3.63) is 82.6 Å². The molecule has 0 spiro atoms. The zero-order chi connectivity index (χ0) is 19.1. The lowest BCUT2D eigenvalue weighted by molar-refractivity contribution is 0.323. The van der Waals surface area contributed by atoms with Gasteiger partial charge >= 0.3 is 0 Å². The van der Waals surface area contributed by atoms with Gasteiger partial charge in [0.15, 0.2) is 10.3 Å². The molecular formula is C21H16ClFN4S. The predicted molar refractivity (Wildman–Crippen MR) is 114 cm³/mol. The van der Waals surface area contributed by atoms with Gasteiger partial charge in [-0.05, 0) is 51.9 Å². The van der Waals surface area contributed by atoms with E-state index in [2.05, 4.69) is 62.9 Å². The number of hydrazine groups is 1. The number of aliphatic imine (C=N–C) groups is 2. The minimum absolute atomic E-state index is 0.117. The second-order valence-electron chi connectivity index (χ2n) is 6.70. The number of halogens is 2. The van der Waals surface area contributed by atoms with Gasteiger partial charge < -0.3 is 0 Å². The largest absolute Gasteiger partial charge is 0.274 e. The highest BCUT2D eigenvalue weighted by molar-refractivity contribution is 8.26. The van der Waals surface area contributed by atoms with Crippen LogP contribution in [0, 0.1) is 5.82 Å². The normalized spacial score (nSPS) is 19.8. The van der Waals surface area contributed by atoms with Crippen molar-refractivity contribution in [2.75, 3.05) is 6.54 Å². The fraction of sp³-hybridized carbons (Fsp3) is 0.143. The second kappa shape index (κ2) is 7.11. The average molecular weight is 411 g/mol. The Labute approximate surface area is 171 Å². The van der Waals surface area contributed by atoms with Gasteiger partial charge in [0.2, 0.25) is 0 Å². The van der Waals surface area contributed by atoms with Crippen LogP contribution in [-0.4, -0.2) is 21.9 Å². The summed E-state index contributed by atoms with van der Waals surface area (Å²) in [4.78, 5) is 9.25. The van der Waals surface area contributed by atoms with Gasteiger partial charge in [0.05, 0.1) is 24.2 Å². The summed E-state index contributed by atoms with van der Waals surface area (Å²) in [5, 5.41) is 6.35. The minimum atomic E-state index is -0.417. The molecule has 0 aliphatic carbocycles. The van der Waals surface area contributed by atoms with E-state index in [9.17, 15) is 4.39 Å². The van der Waals surface area contributed by atoms with Gasteiger partial charge in [-0.3, -0.25) is 20.4 Å². The van der Waals surface area contributed by atoms with E-state index < -0.39 is 5.82 Å². The second-order valence-corrected chi connectivity index (χ2v) is 8.06. The lowest BCUT2D eigenvalue weighted by atomic mass is 10.0. The van der Waals surface area contributed by atoms with Crippen LogP contribution in [-0.2, 0) is 6.54 Å². The monoisotopic (exact) mass is 410 g/mol. The van der Waals surface area contributed by atoms with E-state index in [0.29, 0.717) is 13.1 Å². The number of amidine groups is 2. The lowest BCUT2D eigenvalue weighted by Crippen LogP contribution is -2.37. The molecule has 1 N–H and O–H groups in total. The molecule has 2 aliphatic rings. The number of benzene rings is 3. The van der Waals surface area contributed by atoms with Crippen molar-refractivity contribution in [1.82, 2.24) is 10.4 Å². The average Bonchev–Trinajstić information content (AvgIpc) is 3.29.